The molecule has 3 nitrogen and oxygen atoms in total. The maximum atomic E-state index is 11.6. The average molecular weight is 278 g/mol. The molecule has 0 aromatic heterocycles. The number of thioether (sulfide) groups is 1. The van der Waals surface area contributed by atoms with Crippen molar-refractivity contribution >= 4 is 17.7 Å². The molecular weight excluding hydrogens is 256 g/mol. The van der Waals surface area contributed by atoms with E-state index in [1.807, 2.05) is 13.0 Å². The molecule has 1 fully saturated rings. The molecule has 1 aromatic carbocycles. The molecular formula is C15H22N2OS. The van der Waals surface area contributed by atoms with Crippen LogP contribution in [-0.2, 0) is 10.5 Å². The van der Waals surface area contributed by atoms with Crippen LogP contribution < -0.4 is 11.1 Å². The number of carbonyl (C=O) groups excluding carboxylic acids is 1. The predicted octanol–water partition coefficient (Wildman–Crippen LogP) is 2.22. The van der Waals surface area contributed by atoms with Gasteiger partial charge in [0.1, 0.15) is 5.54 Å². The molecule has 1 unspecified atom stereocenters. The molecule has 104 valence electrons. The molecule has 1 aliphatic carbocycles. The summed E-state index contributed by atoms with van der Waals surface area (Å²) in [5, 5.41) is 3.37. The van der Waals surface area contributed by atoms with Gasteiger partial charge in [-0.25, -0.2) is 0 Å². The van der Waals surface area contributed by atoms with Crippen LogP contribution in [0.4, 0.5) is 0 Å². The molecule has 0 bridgehead atoms. The number of amides is 1. The third-order valence-corrected chi connectivity index (χ3v) is 4.85. The highest BCUT2D eigenvalue weighted by Crippen LogP contribution is 2.26. The number of benzene rings is 1. The van der Waals surface area contributed by atoms with Crippen LogP contribution in [0, 0.1) is 6.92 Å². The Balaban J connectivity index is 1.88. The Hall–Kier alpha value is -1.00. The molecule has 1 aliphatic rings. The van der Waals surface area contributed by atoms with Crippen molar-refractivity contribution in [1.82, 2.24) is 5.32 Å². The number of primary amides is 1. The van der Waals surface area contributed by atoms with Crippen LogP contribution in [0.1, 0.15) is 30.9 Å². The summed E-state index contributed by atoms with van der Waals surface area (Å²) in [6, 6.07) is 8.84. The Morgan fingerprint density at radius 2 is 2.16 bits per heavy atom. The Morgan fingerprint density at radius 3 is 2.74 bits per heavy atom. The lowest BCUT2D eigenvalue weighted by Crippen LogP contribution is -2.56. The van der Waals surface area contributed by atoms with Crippen LogP contribution in [0.2, 0.25) is 0 Å². The number of carbonyl (C=O) groups is 1. The van der Waals surface area contributed by atoms with E-state index in [2.05, 4.69) is 30.4 Å². The Morgan fingerprint density at radius 1 is 1.47 bits per heavy atom. The minimum absolute atomic E-state index is 0.253. The van der Waals surface area contributed by atoms with Crippen molar-refractivity contribution in [3.63, 3.8) is 0 Å². The van der Waals surface area contributed by atoms with Crippen molar-refractivity contribution in [2.45, 2.75) is 44.0 Å². The lowest BCUT2D eigenvalue weighted by molar-refractivity contribution is -0.123. The second kappa shape index (κ2) is 5.97. The van der Waals surface area contributed by atoms with Gasteiger partial charge in [0.25, 0.3) is 0 Å². The van der Waals surface area contributed by atoms with E-state index in [0.717, 1.165) is 18.6 Å². The van der Waals surface area contributed by atoms with Gasteiger partial charge in [-0.3, -0.25) is 4.79 Å². The summed E-state index contributed by atoms with van der Waals surface area (Å²) in [6.07, 6.45) is 2.32. The van der Waals surface area contributed by atoms with Crippen molar-refractivity contribution < 1.29 is 4.79 Å². The topological polar surface area (TPSA) is 55.1 Å². The second-order valence-corrected chi connectivity index (χ2v) is 6.52. The van der Waals surface area contributed by atoms with Crippen LogP contribution in [-0.4, -0.2) is 23.2 Å². The lowest BCUT2D eigenvalue weighted by Gasteiger charge is -2.27. The van der Waals surface area contributed by atoms with Crippen molar-refractivity contribution in [3.8, 4) is 0 Å². The van der Waals surface area contributed by atoms with Gasteiger partial charge < -0.3 is 11.1 Å². The van der Waals surface area contributed by atoms with E-state index in [9.17, 15) is 4.79 Å². The number of rotatable bonds is 7. The van der Waals surface area contributed by atoms with Crippen LogP contribution in [0.5, 0.6) is 0 Å². The summed E-state index contributed by atoms with van der Waals surface area (Å²) in [5.41, 5.74) is 7.57. The number of hydrogen-bond donors (Lipinski definition) is 2. The summed E-state index contributed by atoms with van der Waals surface area (Å²) in [5.74, 6) is 1.38. The molecule has 1 saturated carbocycles. The first-order valence-electron chi connectivity index (χ1n) is 6.71. The minimum atomic E-state index is -0.589. The summed E-state index contributed by atoms with van der Waals surface area (Å²) in [4.78, 5) is 11.6. The van der Waals surface area contributed by atoms with Crippen molar-refractivity contribution in [2.24, 2.45) is 5.73 Å². The summed E-state index contributed by atoms with van der Waals surface area (Å²) in [6.45, 7) is 4.03. The van der Waals surface area contributed by atoms with Gasteiger partial charge in [0.05, 0.1) is 0 Å². The van der Waals surface area contributed by atoms with E-state index in [4.69, 9.17) is 5.73 Å². The molecule has 0 heterocycles. The standard InChI is InChI=1S/C15H22N2OS/c1-11-5-3-4-6-12(11)9-19-10-15(2,14(16)18)17-13-7-8-13/h3-6,13,17H,7-10H2,1-2H3,(H2,16,18). The van der Waals surface area contributed by atoms with Crippen molar-refractivity contribution in [1.29, 1.82) is 0 Å². The van der Waals surface area contributed by atoms with E-state index >= 15 is 0 Å². The molecule has 19 heavy (non-hydrogen) atoms. The summed E-state index contributed by atoms with van der Waals surface area (Å²) >= 11 is 1.76. The average Bonchev–Trinajstić information content (AvgIpc) is 3.15. The Labute approximate surface area is 119 Å². The molecule has 0 spiro atoms. The van der Waals surface area contributed by atoms with E-state index < -0.39 is 5.54 Å². The van der Waals surface area contributed by atoms with Crippen LogP contribution >= 0.6 is 11.8 Å². The monoisotopic (exact) mass is 278 g/mol. The summed E-state index contributed by atoms with van der Waals surface area (Å²) < 4.78 is 0. The normalized spacial score (nSPS) is 18.0. The molecule has 3 N–H and O–H groups in total. The van der Waals surface area contributed by atoms with Gasteiger partial charge in [-0.15, -0.1) is 0 Å². The van der Waals surface area contributed by atoms with Crippen LogP contribution in [0.3, 0.4) is 0 Å². The first-order chi connectivity index (χ1) is 9.01. The third kappa shape index (κ3) is 3.98. The number of nitrogens with one attached hydrogen (secondary N) is 1. The fraction of sp³-hybridized carbons (Fsp3) is 0.533. The lowest BCUT2D eigenvalue weighted by atomic mass is 10.1. The van der Waals surface area contributed by atoms with E-state index in [1.54, 1.807) is 11.8 Å². The molecule has 4 heteroatoms. The van der Waals surface area contributed by atoms with Crippen molar-refractivity contribution in [2.75, 3.05) is 5.75 Å². The fourth-order valence-electron chi connectivity index (χ4n) is 2.00. The largest absolute Gasteiger partial charge is 0.368 e. The summed E-state index contributed by atoms with van der Waals surface area (Å²) in [7, 11) is 0. The number of aryl methyl sites for hydroxylation is 1. The van der Waals surface area contributed by atoms with Gasteiger partial charge in [0.2, 0.25) is 5.91 Å². The van der Waals surface area contributed by atoms with Gasteiger partial charge in [0, 0.05) is 17.5 Å². The highest BCUT2D eigenvalue weighted by atomic mass is 32.2. The highest BCUT2D eigenvalue weighted by Gasteiger charge is 2.36. The minimum Gasteiger partial charge on any atom is -0.368 e. The Bertz CT molecular complexity index is 459. The predicted molar refractivity (Wildman–Crippen MR) is 81.1 cm³/mol. The molecule has 2 rings (SSSR count). The molecule has 0 aliphatic heterocycles. The zero-order chi connectivity index (χ0) is 13.9. The Kier molecular flexibility index (Phi) is 4.53. The molecule has 1 amide bonds. The van der Waals surface area contributed by atoms with E-state index in [0.29, 0.717) is 11.8 Å². The third-order valence-electron chi connectivity index (χ3n) is 3.55. The number of nitrogens with two attached hydrogens (primary N) is 1. The van der Waals surface area contributed by atoms with E-state index in [-0.39, 0.29) is 5.91 Å². The highest BCUT2D eigenvalue weighted by molar-refractivity contribution is 7.98. The maximum Gasteiger partial charge on any atom is 0.238 e. The zero-order valence-electron chi connectivity index (χ0n) is 11.6. The second-order valence-electron chi connectivity index (χ2n) is 5.53. The van der Waals surface area contributed by atoms with Gasteiger partial charge in [-0.05, 0) is 37.8 Å². The molecule has 1 aromatic rings. The zero-order valence-corrected chi connectivity index (χ0v) is 12.4. The van der Waals surface area contributed by atoms with Gasteiger partial charge in [-0.1, -0.05) is 24.3 Å². The number of hydrogen-bond acceptors (Lipinski definition) is 3. The van der Waals surface area contributed by atoms with Crippen molar-refractivity contribution in [3.05, 3.63) is 35.4 Å². The van der Waals surface area contributed by atoms with Crippen LogP contribution in [0.15, 0.2) is 24.3 Å². The molecule has 0 radical (unpaired) electrons. The molecule has 1 atom stereocenters. The fourth-order valence-corrected chi connectivity index (χ4v) is 3.28. The first-order valence-corrected chi connectivity index (χ1v) is 7.86. The van der Waals surface area contributed by atoms with Gasteiger partial charge in [-0.2, -0.15) is 11.8 Å². The SMILES string of the molecule is Cc1ccccc1CSCC(C)(NC1CC1)C(N)=O. The first kappa shape index (κ1) is 14.4. The van der Waals surface area contributed by atoms with Crippen LogP contribution in [0.25, 0.3) is 0 Å². The smallest absolute Gasteiger partial charge is 0.238 e. The maximum absolute atomic E-state index is 11.6. The van der Waals surface area contributed by atoms with E-state index in [1.165, 1.54) is 11.1 Å². The quantitative estimate of drug-likeness (QED) is 0.804. The van der Waals surface area contributed by atoms with Gasteiger partial charge in [0.15, 0.2) is 0 Å². The van der Waals surface area contributed by atoms with Gasteiger partial charge >= 0.3 is 0 Å². The molecule has 0 saturated heterocycles.